The zero-order valence-corrected chi connectivity index (χ0v) is 23.6. The molecule has 2 aromatic rings. The number of carbonyl (C=O) groups is 1. The molecule has 2 aromatic heterocycles. The average Bonchev–Trinajstić information content (AvgIpc) is 3.61. The Morgan fingerprint density at radius 1 is 1.10 bits per heavy atom. The second-order valence-corrected chi connectivity index (χ2v) is 12.1. The Kier molecular flexibility index (Phi) is 7.79. The first-order valence-corrected chi connectivity index (χ1v) is 15.1. The maximum Gasteiger partial charge on any atom is 0.427 e. The number of aromatic nitrogens is 4. The van der Waals surface area contributed by atoms with E-state index >= 15 is 0 Å². The van der Waals surface area contributed by atoms with Gasteiger partial charge in [-0.3, -0.25) is 5.32 Å². The number of rotatable bonds is 10. The van der Waals surface area contributed by atoms with Gasteiger partial charge >= 0.3 is 6.09 Å². The van der Waals surface area contributed by atoms with Gasteiger partial charge in [-0.25, -0.2) is 14.8 Å². The van der Waals surface area contributed by atoms with Crippen LogP contribution in [-0.2, 0) is 16.1 Å². The molecule has 2 unspecified atom stereocenters. The van der Waals surface area contributed by atoms with Gasteiger partial charge in [-0.15, -0.1) is 5.48 Å². The number of hydrogen-bond donors (Lipinski definition) is 3. The van der Waals surface area contributed by atoms with Crippen molar-refractivity contribution in [2.45, 2.75) is 103 Å². The van der Waals surface area contributed by atoms with Crippen molar-refractivity contribution in [3.05, 3.63) is 5.82 Å². The molecule has 0 spiro atoms. The minimum absolute atomic E-state index is 0.284. The third kappa shape index (κ3) is 5.52. The fourth-order valence-electron chi connectivity index (χ4n) is 6.64. The summed E-state index contributed by atoms with van der Waals surface area (Å²) in [6.45, 7) is 9.96. The lowest BCUT2D eigenvalue weighted by Crippen LogP contribution is -2.36. The number of amides is 1. The highest BCUT2D eigenvalue weighted by Crippen LogP contribution is 2.37. The van der Waals surface area contributed by atoms with Crippen molar-refractivity contribution >= 4 is 29.0 Å². The summed E-state index contributed by atoms with van der Waals surface area (Å²) in [5.41, 5.74) is 4.34. The Balaban J connectivity index is 1.43. The highest BCUT2D eigenvalue weighted by molar-refractivity contribution is 5.86. The van der Waals surface area contributed by atoms with E-state index in [1.807, 2.05) is 0 Å². The van der Waals surface area contributed by atoms with Crippen molar-refractivity contribution in [3.63, 3.8) is 0 Å². The molecule has 2 saturated heterocycles. The minimum atomic E-state index is -0.618. The molecule has 39 heavy (non-hydrogen) atoms. The molecule has 6 rings (SSSR count). The Morgan fingerprint density at radius 3 is 2.62 bits per heavy atom. The van der Waals surface area contributed by atoms with E-state index in [-0.39, 0.29) is 6.04 Å². The summed E-state index contributed by atoms with van der Waals surface area (Å²) in [7, 11) is 0. The lowest BCUT2D eigenvalue weighted by Gasteiger charge is -2.33. The first-order valence-electron chi connectivity index (χ1n) is 15.1. The fourth-order valence-corrected chi connectivity index (χ4v) is 6.64. The van der Waals surface area contributed by atoms with Gasteiger partial charge in [-0.05, 0) is 70.1 Å². The molecule has 3 N–H and O–H groups in total. The Hall–Kier alpha value is -2.66. The molecule has 1 amide bonds. The van der Waals surface area contributed by atoms with Gasteiger partial charge in [0.2, 0.25) is 5.95 Å². The predicted molar refractivity (Wildman–Crippen MR) is 149 cm³/mol. The van der Waals surface area contributed by atoms with Crippen molar-refractivity contribution in [1.29, 1.82) is 0 Å². The highest BCUT2D eigenvalue weighted by atomic mass is 16.7. The summed E-state index contributed by atoms with van der Waals surface area (Å²) in [5.74, 6) is 4.25. The van der Waals surface area contributed by atoms with E-state index in [9.17, 15) is 4.79 Å². The van der Waals surface area contributed by atoms with E-state index in [1.54, 1.807) is 0 Å². The van der Waals surface area contributed by atoms with E-state index in [0.717, 1.165) is 49.1 Å². The molecule has 11 nitrogen and oxygen atoms in total. The first-order chi connectivity index (χ1) is 19.0. The molecule has 214 valence electrons. The molecule has 3 atom stereocenters. The number of anilines is 2. The number of nitrogens with one attached hydrogen (secondary N) is 3. The summed E-state index contributed by atoms with van der Waals surface area (Å²) in [6, 6.07) is 0.584. The monoisotopic (exact) mass is 540 g/mol. The van der Waals surface area contributed by atoms with Crippen LogP contribution in [0.1, 0.15) is 90.5 Å². The molecule has 2 aliphatic heterocycles. The van der Waals surface area contributed by atoms with Crippen molar-refractivity contribution in [3.8, 4) is 0 Å². The van der Waals surface area contributed by atoms with Crippen LogP contribution < -0.4 is 21.0 Å². The van der Waals surface area contributed by atoms with E-state index in [1.165, 1.54) is 44.9 Å². The molecule has 0 radical (unpaired) electrons. The summed E-state index contributed by atoms with van der Waals surface area (Å²) < 4.78 is 8.28. The summed E-state index contributed by atoms with van der Waals surface area (Å²) in [6.07, 6.45) is 9.86. The van der Waals surface area contributed by atoms with Crippen LogP contribution in [0.3, 0.4) is 0 Å². The van der Waals surface area contributed by atoms with E-state index < -0.39 is 12.3 Å². The molecule has 2 aliphatic carbocycles. The topological polar surface area (TPSA) is 118 Å². The van der Waals surface area contributed by atoms with Gasteiger partial charge in [-0.1, -0.05) is 26.2 Å². The van der Waals surface area contributed by atoms with Crippen molar-refractivity contribution < 1.29 is 14.4 Å². The molecule has 4 heterocycles. The van der Waals surface area contributed by atoms with Gasteiger partial charge in [0.05, 0.1) is 12.6 Å². The van der Waals surface area contributed by atoms with Gasteiger partial charge in [0.15, 0.2) is 23.5 Å². The van der Waals surface area contributed by atoms with Gasteiger partial charge in [-0.2, -0.15) is 4.98 Å². The van der Waals surface area contributed by atoms with E-state index in [4.69, 9.17) is 24.5 Å². The molecule has 0 bridgehead atoms. The lowest BCUT2D eigenvalue weighted by atomic mass is 9.80. The number of nitrogens with zero attached hydrogens (tertiary/aromatic N) is 5. The number of hydrogen-bond acceptors (Lipinski definition) is 9. The molecule has 4 fully saturated rings. The average molecular weight is 541 g/mol. The quantitative estimate of drug-likeness (QED) is 0.400. The predicted octanol–water partition coefficient (Wildman–Crippen LogP) is 4.50. The zero-order chi connectivity index (χ0) is 26.9. The third-order valence-electron chi connectivity index (χ3n) is 9.34. The van der Waals surface area contributed by atoms with E-state index in [0.29, 0.717) is 42.6 Å². The van der Waals surface area contributed by atoms with Crippen LogP contribution in [0.5, 0.6) is 0 Å². The Labute approximate surface area is 230 Å². The second kappa shape index (κ2) is 11.4. The fraction of sp³-hybridized carbons (Fsp3) is 0.786. The second-order valence-electron chi connectivity index (χ2n) is 12.1. The van der Waals surface area contributed by atoms with Crippen LogP contribution in [0.2, 0.25) is 0 Å². The summed E-state index contributed by atoms with van der Waals surface area (Å²) in [4.78, 5) is 34.2. The maximum atomic E-state index is 11.8. The summed E-state index contributed by atoms with van der Waals surface area (Å²) >= 11 is 0. The Morgan fingerprint density at radius 2 is 1.92 bits per heavy atom. The highest BCUT2D eigenvalue weighted by Gasteiger charge is 2.34. The molecular formula is C28H44N8O3. The van der Waals surface area contributed by atoms with Gasteiger partial charge in [0.1, 0.15) is 5.52 Å². The number of hydroxylamine groups is 1. The van der Waals surface area contributed by atoms with Crippen LogP contribution in [0.4, 0.5) is 16.6 Å². The molecular weight excluding hydrogens is 496 g/mol. The normalized spacial score (nSPS) is 28.4. The maximum absolute atomic E-state index is 11.8. The van der Waals surface area contributed by atoms with Crippen LogP contribution in [0, 0.1) is 17.8 Å². The number of ether oxygens (including phenoxy) is 1. The zero-order valence-electron chi connectivity index (χ0n) is 23.6. The van der Waals surface area contributed by atoms with Crippen molar-refractivity contribution in [2.24, 2.45) is 17.8 Å². The number of carbonyl (C=O) groups excluding carboxylic acids is 1. The summed E-state index contributed by atoms with van der Waals surface area (Å²) in [5, 5.41) is 6.51. The standard InChI is InChI=1S/C28H44N8O3/c1-4-38-16-21-9-6-14-35(21)27-32-24-22(36(27)15-19-12-10-17(2)11-13-19)23(29-18(3)20-7-5-8-20)30-25(31-24)26-33-28(37)39-34-26/h17-21,26,34H,4-16H2,1-3H3,(H,33,37)(H,29,30,31)/t17?,18-,19?,21?,26?/m1/s1. The van der Waals surface area contributed by atoms with Crippen molar-refractivity contribution in [2.75, 3.05) is 30.0 Å². The number of imidazole rings is 1. The lowest BCUT2D eigenvalue weighted by molar-refractivity contribution is 0.120. The SMILES string of the molecule is CCOCC1CCCN1c1nc2nc(C3NOC(=O)N3)nc(N[C@H](C)C3CCC3)c2n1CC1CCC(C)CC1. The molecule has 11 heteroatoms. The van der Waals surface area contributed by atoms with Crippen LogP contribution in [0.15, 0.2) is 0 Å². The largest absolute Gasteiger partial charge is 0.427 e. The Bertz CT molecular complexity index is 1160. The number of fused-ring (bicyclic) bond motifs is 1. The van der Waals surface area contributed by atoms with E-state index in [2.05, 4.69) is 46.4 Å². The van der Waals surface area contributed by atoms with Crippen LogP contribution in [0.25, 0.3) is 11.2 Å². The minimum Gasteiger partial charge on any atom is -0.380 e. The third-order valence-corrected chi connectivity index (χ3v) is 9.34. The first kappa shape index (κ1) is 26.6. The van der Waals surface area contributed by atoms with Crippen LogP contribution in [-0.4, -0.2) is 57.5 Å². The smallest absolute Gasteiger partial charge is 0.380 e. The molecule has 0 aromatic carbocycles. The molecule has 4 aliphatic rings. The van der Waals surface area contributed by atoms with Gasteiger partial charge in [0, 0.05) is 25.7 Å². The van der Waals surface area contributed by atoms with Gasteiger partial charge < -0.3 is 24.4 Å². The van der Waals surface area contributed by atoms with Gasteiger partial charge in [0.25, 0.3) is 0 Å². The van der Waals surface area contributed by atoms with Crippen LogP contribution >= 0.6 is 0 Å². The molecule has 2 saturated carbocycles. The van der Waals surface area contributed by atoms with Crippen molar-refractivity contribution in [1.82, 2.24) is 30.3 Å².